The maximum Gasteiger partial charge on any atom is 0.237 e. The van der Waals surface area contributed by atoms with E-state index in [-0.39, 0.29) is 11.8 Å². The van der Waals surface area contributed by atoms with Crippen molar-refractivity contribution < 1.29 is 4.79 Å². The van der Waals surface area contributed by atoms with Crippen molar-refractivity contribution in [2.24, 2.45) is 0 Å². The maximum atomic E-state index is 11.9. The Labute approximate surface area is 119 Å². The summed E-state index contributed by atoms with van der Waals surface area (Å²) in [5, 5.41) is 0. The van der Waals surface area contributed by atoms with Gasteiger partial charge in [-0.15, -0.1) is 11.6 Å². The summed E-state index contributed by atoms with van der Waals surface area (Å²) in [7, 11) is 0. The number of alkyl halides is 1. The Morgan fingerprint density at radius 2 is 1.95 bits per heavy atom. The van der Waals surface area contributed by atoms with Crippen molar-refractivity contribution in [3.8, 4) is 0 Å². The average molecular weight is 278 g/mol. The van der Waals surface area contributed by atoms with Crippen molar-refractivity contribution in [2.75, 3.05) is 5.88 Å². The zero-order chi connectivity index (χ0) is 13.4. The second kappa shape index (κ2) is 5.16. The second-order valence-corrected chi connectivity index (χ2v) is 6.11. The standard InChI is InChI=1S/C16H20ClNO/c1-11-4-2-3-5-15(11)12-8-14(9-12)18(13-6-7-13)16(19)10-17/h2-5,12-14H,6-10H2,1H3. The van der Waals surface area contributed by atoms with Crippen LogP contribution in [0.2, 0.25) is 0 Å². The van der Waals surface area contributed by atoms with Gasteiger partial charge in [-0.05, 0) is 49.7 Å². The number of hydrogen-bond donors (Lipinski definition) is 0. The molecule has 1 aromatic carbocycles. The summed E-state index contributed by atoms with van der Waals surface area (Å²) >= 11 is 5.73. The summed E-state index contributed by atoms with van der Waals surface area (Å²) in [6.45, 7) is 2.17. The van der Waals surface area contributed by atoms with Crippen LogP contribution in [0.25, 0.3) is 0 Å². The molecule has 19 heavy (non-hydrogen) atoms. The molecule has 0 heterocycles. The third-order valence-electron chi connectivity index (χ3n) is 4.48. The fraction of sp³-hybridized carbons (Fsp3) is 0.562. The van der Waals surface area contributed by atoms with Gasteiger partial charge in [-0.1, -0.05) is 24.3 Å². The van der Waals surface area contributed by atoms with Gasteiger partial charge < -0.3 is 4.90 Å². The highest BCUT2D eigenvalue weighted by molar-refractivity contribution is 6.27. The highest BCUT2D eigenvalue weighted by Crippen LogP contribution is 2.44. The van der Waals surface area contributed by atoms with Crippen molar-refractivity contribution in [3.63, 3.8) is 0 Å². The first kappa shape index (κ1) is 13.0. The maximum absolute atomic E-state index is 11.9. The van der Waals surface area contributed by atoms with Gasteiger partial charge in [-0.25, -0.2) is 0 Å². The van der Waals surface area contributed by atoms with Gasteiger partial charge >= 0.3 is 0 Å². The Balaban J connectivity index is 1.65. The smallest absolute Gasteiger partial charge is 0.237 e. The first-order chi connectivity index (χ1) is 9.20. The Morgan fingerprint density at radius 3 is 2.53 bits per heavy atom. The van der Waals surface area contributed by atoms with Crippen molar-refractivity contribution in [1.82, 2.24) is 4.90 Å². The van der Waals surface area contributed by atoms with Gasteiger partial charge in [0.2, 0.25) is 5.91 Å². The molecule has 3 heteroatoms. The predicted molar refractivity (Wildman–Crippen MR) is 77.5 cm³/mol. The Kier molecular flexibility index (Phi) is 3.53. The molecule has 0 saturated heterocycles. The van der Waals surface area contributed by atoms with Crippen molar-refractivity contribution in [1.29, 1.82) is 0 Å². The predicted octanol–water partition coefficient (Wildman–Crippen LogP) is 3.47. The summed E-state index contributed by atoms with van der Waals surface area (Å²) in [4.78, 5) is 14.0. The van der Waals surface area contributed by atoms with Crippen molar-refractivity contribution >= 4 is 17.5 Å². The largest absolute Gasteiger partial charge is 0.336 e. The number of aryl methyl sites for hydroxylation is 1. The molecule has 2 fully saturated rings. The molecule has 2 aliphatic carbocycles. The molecular weight excluding hydrogens is 258 g/mol. The van der Waals surface area contributed by atoms with Crippen LogP contribution in [0.1, 0.15) is 42.7 Å². The summed E-state index contributed by atoms with van der Waals surface area (Å²) < 4.78 is 0. The molecule has 0 aliphatic heterocycles. The van der Waals surface area contributed by atoms with Gasteiger partial charge in [0, 0.05) is 12.1 Å². The first-order valence-electron chi connectivity index (χ1n) is 7.13. The van der Waals surface area contributed by atoms with E-state index in [0.717, 1.165) is 25.7 Å². The van der Waals surface area contributed by atoms with Gasteiger partial charge in [0.1, 0.15) is 5.88 Å². The van der Waals surface area contributed by atoms with Crippen molar-refractivity contribution in [3.05, 3.63) is 35.4 Å². The molecule has 0 N–H and O–H groups in total. The second-order valence-electron chi connectivity index (χ2n) is 5.84. The normalized spacial score (nSPS) is 25.8. The van der Waals surface area contributed by atoms with E-state index in [0.29, 0.717) is 18.0 Å². The first-order valence-corrected chi connectivity index (χ1v) is 7.66. The zero-order valence-electron chi connectivity index (χ0n) is 11.3. The van der Waals surface area contributed by atoms with Crippen LogP contribution in [0.15, 0.2) is 24.3 Å². The van der Waals surface area contributed by atoms with E-state index < -0.39 is 0 Å². The van der Waals surface area contributed by atoms with Gasteiger partial charge in [-0.3, -0.25) is 4.79 Å². The molecule has 102 valence electrons. The Bertz CT molecular complexity index is 477. The molecule has 0 unspecified atom stereocenters. The lowest BCUT2D eigenvalue weighted by molar-refractivity contribution is -0.133. The van der Waals surface area contributed by atoms with E-state index in [2.05, 4.69) is 36.1 Å². The SMILES string of the molecule is Cc1ccccc1C1CC(N(C(=O)CCl)C2CC2)C1. The van der Waals surface area contributed by atoms with Gasteiger partial charge in [0.15, 0.2) is 0 Å². The van der Waals surface area contributed by atoms with Crippen LogP contribution >= 0.6 is 11.6 Å². The third kappa shape index (κ3) is 2.51. The molecule has 1 aromatic rings. The molecule has 0 atom stereocenters. The van der Waals surface area contributed by atoms with E-state index in [9.17, 15) is 4.79 Å². The van der Waals surface area contributed by atoms with E-state index in [1.54, 1.807) is 0 Å². The molecule has 0 bridgehead atoms. The number of benzene rings is 1. The highest BCUT2D eigenvalue weighted by atomic mass is 35.5. The molecule has 2 nitrogen and oxygen atoms in total. The molecule has 2 saturated carbocycles. The van der Waals surface area contributed by atoms with Crippen molar-refractivity contribution in [2.45, 2.75) is 50.6 Å². The lowest BCUT2D eigenvalue weighted by Gasteiger charge is -2.43. The zero-order valence-corrected chi connectivity index (χ0v) is 12.1. The third-order valence-corrected chi connectivity index (χ3v) is 4.71. The average Bonchev–Trinajstić information content (AvgIpc) is 3.18. The molecular formula is C16H20ClNO. The number of rotatable bonds is 4. The number of halogens is 1. The van der Waals surface area contributed by atoms with Crippen LogP contribution in [-0.2, 0) is 4.79 Å². The lowest BCUT2D eigenvalue weighted by Crippen LogP contribution is -2.49. The summed E-state index contributed by atoms with van der Waals surface area (Å²) in [6.07, 6.45) is 4.52. The quantitative estimate of drug-likeness (QED) is 0.772. The van der Waals surface area contributed by atoms with Gasteiger partial charge in [0.05, 0.1) is 0 Å². The fourth-order valence-corrected chi connectivity index (χ4v) is 3.38. The van der Waals surface area contributed by atoms with Gasteiger partial charge in [0.25, 0.3) is 0 Å². The summed E-state index contributed by atoms with van der Waals surface area (Å²) in [6, 6.07) is 9.49. The van der Waals surface area contributed by atoms with Crippen LogP contribution in [0.5, 0.6) is 0 Å². The van der Waals surface area contributed by atoms with Crippen LogP contribution < -0.4 is 0 Å². The minimum atomic E-state index is 0.123. The highest BCUT2D eigenvalue weighted by Gasteiger charge is 2.43. The molecule has 0 aromatic heterocycles. The summed E-state index contributed by atoms with van der Waals surface area (Å²) in [5.41, 5.74) is 2.82. The number of carbonyl (C=O) groups excluding carboxylic acids is 1. The van der Waals surface area contributed by atoms with E-state index in [1.807, 2.05) is 0 Å². The number of nitrogens with zero attached hydrogens (tertiary/aromatic N) is 1. The molecule has 1 amide bonds. The van der Waals surface area contributed by atoms with E-state index >= 15 is 0 Å². The molecule has 0 spiro atoms. The number of carbonyl (C=O) groups is 1. The summed E-state index contributed by atoms with van der Waals surface area (Å²) in [5.74, 6) is 0.871. The lowest BCUT2D eigenvalue weighted by atomic mass is 9.73. The Hall–Kier alpha value is -1.02. The van der Waals surface area contributed by atoms with Crippen LogP contribution in [0.3, 0.4) is 0 Å². The van der Waals surface area contributed by atoms with Crippen LogP contribution in [0, 0.1) is 6.92 Å². The molecule has 2 aliphatic rings. The van der Waals surface area contributed by atoms with Crippen LogP contribution in [0.4, 0.5) is 0 Å². The number of amides is 1. The molecule has 3 rings (SSSR count). The fourth-order valence-electron chi connectivity index (χ4n) is 3.24. The van der Waals surface area contributed by atoms with Gasteiger partial charge in [-0.2, -0.15) is 0 Å². The molecule has 0 radical (unpaired) electrons. The minimum Gasteiger partial charge on any atom is -0.336 e. The number of hydrogen-bond acceptors (Lipinski definition) is 1. The minimum absolute atomic E-state index is 0.123. The topological polar surface area (TPSA) is 20.3 Å². The van der Waals surface area contributed by atoms with Crippen LogP contribution in [-0.4, -0.2) is 28.8 Å². The van der Waals surface area contributed by atoms with E-state index in [1.165, 1.54) is 11.1 Å². The monoisotopic (exact) mass is 277 g/mol. The Morgan fingerprint density at radius 1 is 1.26 bits per heavy atom. The van der Waals surface area contributed by atoms with E-state index in [4.69, 9.17) is 11.6 Å².